The number of nitrogens with one attached hydrogen (secondary N) is 1. The van der Waals surface area contributed by atoms with Gasteiger partial charge in [-0.1, -0.05) is 35.8 Å². The van der Waals surface area contributed by atoms with Crippen molar-refractivity contribution in [2.24, 2.45) is 0 Å². The Morgan fingerprint density at radius 1 is 1.38 bits per heavy atom. The summed E-state index contributed by atoms with van der Waals surface area (Å²) in [4.78, 5) is 24.9. The van der Waals surface area contributed by atoms with Crippen molar-refractivity contribution in [1.82, 2.24) is 10.2 Å². The second-order valence-electron chi connectivity index (χ2n) is 5.10. The highest BCUT2D eigenvalue weighted by atomic mass is 35.5. The molecule has 0 saturated carbocycles. The molecule has 0 saturated heterocycles. The van der Waals surface area contributed by atoms with Crippen LogP contribution < -0.4 is 5.32 Å². The fraction of sp³-hybridized carbons (Fsp3) is 0.333. The van der Waals surface area contributed by atoms with E-state index in [1.807, 2.05) is 0 Å². The molecule has 1 unspecified atom stereocenters. The van der Waals surface area contributed by atoms with Gasteiger partial charge in [-0.05, 0) is 37.1 Å². The molecule has 0 heterocycles. The Labute approximate surface area is 151 Å². The Bertz CT molecular complexity index is 613. The SMILES string of the molecule is C=CC(=O)N(CC)CC(=O)NC(Cc1ccc(Cl)c(Cl)c1)B(O)O. The Morgan fingerprint density at radius 2 is 2.04 bits per heavy atom. The van der Waals surface area contributed by atoms with E-state index in [0.717, 1.165) is 6.08 Å². The number of rotatable bonds is 8. The van der Waals surface area contributed by atoms with E-state index in [1.165, 1.54) is 4.90 Å². The number of benzene rings is 1. The lowest BCUT2D eigenvalue weighted by Crippen LogP contribution is -2.51. The summed E-state index contributed by atoms with van der Waals surface area (Å²) in [5.74, 6) is -1.84. The minimum atomic E-state index is -1.77. The first kappa shape index (κ1) is 20.5. The second-order valence-corrected chi connectivity index (χ2v) is 5.91. The van der Waals surface area contributed by atoms with Crippen LogP contribution in [0.1, 0.15) is 12.5 Å². The number of hydrogen-bond acceptors (Lipinski definition) is 4. The average molecular weight is 373 g/mol. The average Bonchev–Trinajstić information content (AvgIpc) is 2.54. The third kappa shape index (κ3) is 6.16. The van der Waals surface area contributed by atoms with Gasteiger partial charge in [-0.3, -0.25) is 9.59 Å². The number of carbonyl (C=O) groups excluding carboxylic acids is 2. The molecule has 0 radical (unpaired) electrons. The van der Waals surface area contributed by atoms with E-state index in [9.17, 15) is 19.6 Å². The number of likely N-dealkylation sites (N-methyl/N-ethyl adjacent to an activating group) is 1. The molecule has 130 valence electrons. The van der Waals surface area contributed by atoms with Crippen LogP contribution in [0.15, 0.2) is 30.9 Å². The van der Waals surface area contributed by atoms with Crippen LogP contribution in [-0.4, -0.2) is 52.9 Å². The Morgan fingerprint density at radius 3 is 2.54 bits per heavy atom. The van der Waals surface area contributed by atoms with Gasteiger partial charge in [-0.25, -0.2) is 0 Å². The Balaban J connectivity index is 2.74. The lowest BCUT2D eigenvalue weighted by atomic mass is 9.76. The van der Waals surface area contributed by atoms with Crippen molar-refractivity contribution in [3.63, 3.8) is 0 Å². The highest BCUT2D eigenvalue weighted by Gasteiger charge is 2.26. The van der Waals surface area contributed by atoms with E-state index in [0.29, 0.717) is 22.2 Å². The number of hydrogen-bond donors (Lipinski definition) is 3. The summed E-state index contributed by atoms with van der Waals surface area (Å²) in [6.07, 6.45) is 1.26. The normalized spacial score (nSPS) is 11.5. The molecular weight excluding hydrogens is 354 g/mol. The smallest absolute Gasteiger partial charge is 0.426 e. The molecule has 1 aromatic rings. The molecule has 0 aliphatic carbocycles. The molecule has 0 fully saturated rings. The first-order valence-electron chi connectivity index (χ1n) is 7.29. The predicted octanol–water partition coefficient (Wildman–Crippen LogP) is 1.07. The molecule has 3 N–H and O–H groups in total. The third-order valence-electron chi connectivity index (χ3n) is 3.35. The molecule has 0 aliphatic heterocycles. The fourth-order valence-electron chi connectivity index (χ4n) is 2.05. The van der Waals surface area contributed by atoms with E-state index in [1.54, 1.807) is 25.1 Å². The van der Waals surface area contributed by atoms with Crippen LogP contribution in [0.4, 0.5) is 0 Å². The molecule has 1 atom stereocenters. The number of halogens is 2. The van der Waals surface area contributed by atoms with Crippen LogP contribution in [-0.2, 0) is 16.0 Å². The minimum Gasteiger partial charge on any atom is -0.426 e. The Kier molecular flexibility index (Phi) is 8.28. The van der Waals surface area contributed by atoms with Gasteiger partial charge in [-0.2, -0.15) is 0 Å². The van der Waals surface area contributed by atoms with Crippen molar-refractivity contribution in [2.75, 3.05) is 13.1 Å². The summed E-state index contributed by atoms with van der Waals surface area (Å²) in [5, 5.41) is 22.2. The summed E-state index contributed by atoms with van der Waals surface area (Å²) in [6.45, 7) is 5.22. The summed E-state index contributed by atoms with van der Waals surface area (Å²) in [6, 6.07) is 4.85. The van der Waals surface area contributed by atoms with Crippen molar-refractivity contribution in [1.29, 1.82) is 0 Å². The van der Waals surface area contributed by atoms with Gasteiger partial charge in [0.1, 0.15) is 0 Å². The molecular formula is C15H19BCl2N2O4. The summed E-state index contributed by atoms with van der Waals surface area (Å²) < 4.78 is 0. The zero-order valence-corrected chi connectivity index (χ0v) is 14.7. The van der Waals surface area contributed by atoms with E-state index in [2.05, 4.69) is 11.9 Å². The summed E-state index contributed by atoms with van der Waals surface area (Å²) in [5.41, 5.74) is 0.678. The number of amides is 2. The van der Waals surface area contributed by atoms with Crippen LogP contribution in [0.5, 0.6) is 0 Å². The highest BCUT2D eigenvalue weighted by Crippen LogP contribution is 2.23. The summed E-state index contributed by atoms with van der Waals surface area (Å²) >= 11 is 11.8. The molecule has 24 heavy (non-hydrogen) atoms. The molecule has 2 amide bonds. The lowest BCUT2D eigenvalue weighted by molar-refractivity contribution is -0.132. The number of nitrogens with zero attached hydrogens (tertiary/aromatic N) is 1. The molecule has 9 heteroatoms. The molecule has 6 nitrogen and oxygen atoms in total. The van der Waals surface area contributed by atoms with Crippen molar-refractivity contribution in [2.45, 2.75) is 19.3 Å². The van der Waals surface area contributed by atoms with Crippen molar-refractivity contribution >= 4 is 42.1 Å². The maximum atomic E-state index is 12.1. The minimum absolute atomic E-state index is 0.141. The van der Waals surface area contributed by atoms with Gasteiger partial charge in [0.2, 0.25) is 11.8 Å². The van der Waals surface area contributed by atoms with Gasteiger partial charge in [0.25, 0.3) is 0 Å². The molecule has 0 spiro atoms. The fourth-order valence-corrected chi connectivity index (χ4v) is 2.37. The second kappa shape index (κ2) is 9.69. The topological polar surface area (TPSA) is 89.9 Å². The third-order valence-corrected chi connectivity index (χ3v) is 4.09. The van der Waals surface area contributed by atoms with Crippen molar-refractivity contribution in [3.8, 4) is 0 Å². The quantitative estimate of drug-likeness (QED) is 0.470. The van der Waals surface area contributed by atoms with Gasteiger partial charge in [-0.15, -0.1) is 0 Å². The largest absolute Gasteiger partial charge is 0.475 e. The van der Waals surface area contributed by atoms with E-state index in [4.69, 9.17) is 23.2 Å². The molecule has 0 aliphatic rings. The van der Waals surface area contributed by atoms with Gasteiger partial charge in [0.15, 0.2) is 0 Å². The molecule has 1 aromatic carbocycles. The van der Waals surface area contributed by atoms with Gasteiger partial charge < -0.3 is 20.3 Å². The first-order valence-corrected chi connectivity index (χ1v) is 8.04. The van der Waals surface area contributed by atoms with E-state index < -0.39 is 19.0 Å². The van der Waals surface area contributed by atoms with Crippen LogP contribution in [0.25, 0.3) is 0 Å². The molecule has 1 rings (SSSR count). The van der Waals surface area contributed by atoms with Crippen molar-refractivity contribution < 1.29 is 19.6 Å². The zero-order chi connectivity index (χ0) is 18.3. The Hall–Kier alpha value is -1.54. The van der Waals surface area contributed by atoms with Crippen LogP contribution >= 0.6 is 23.2 Å². The standard InChI is InChI=1S/C15H19BCl2N2O4/c1-3-15(22)20(4-2)9-14(21)19-13(16(23)24)8-10-5-6-11(17)12(18)7-10/h3,5-7,13,23-24H,1,4,8-9H2,2H3,(H,19,21). The molecule has 0 aromatic heterocycles. The highest BCUT2D eigenvalue weighted by molar-refractivity contribution is 6.44. The maximum absolute atomic E-state index is 12.1. The van der Waals surface area contributed by atoms with Crippen LogP contribution in [0, 0.1) is 0 Å². The monoisotopic (exact) mass is 372 g/mol. The van der Waals surface area contributed by atoms with Crippen LogP contribution in [0.3, 0.4) is 0 Å². The van der Waals surface area contributed by atoms with Gasteiger partial charge >= 0.3 is 7.12 Å². The first-order chi connectivity index (χ1) is 11.3. The lowest BCUT2D eigenvalue weighted by Gasteiger charge is -2.22. The van der Waals surface area contributed by atoms with Gasteiger partial charge in [0.05, 0.1) is 22.5 Å². The number of carbonyl (C=O) groups is 2. The van der Waals surface area contributed by atoms with E-state index >= 15 is 0 Å². The predicted molar refractivity (Wildman–Crippen MR) is 94.7 cm³/mol. The van der Waals surface area contributed by atoms with Gasteiger partial charge in [0, 0.05) is 6.54 Å². The van der Waals surface area contributed by atoms with E-state index in [-0.39, 0.29) is 18.9 Å². The van der Waals surface area contributed by atoms with Crippen molar-refractivity contribution in [3.05, 3.63) is 46.5 Å². The summed E-state index contributed by atoms with van der Waals surface area (Å²) in [7, 11) is -1.77. The molecule has 0 bridgehead atoms. The maximum Gasteiger partial charge on any atom is 0.475 e. The van der Waals surface area contributed by atoms with Crippen LogP contribution in [0.2, 0.25) is 10.0 Å². The zero-order valence-electron chi connectivity index (χ0n) is 13.2.